The second-order valence-corrected chi connectivity index (χ2v) is 5.70. The SMILES string of the molecule is Fc1nc(NCc2ccc(Cl)cc2)c2ncn(C3CCO3)c2n1. The number of rotatable bonds is 4. The molecular formula is C15H13ClFN5O. The van der Waals surface area contributed by atoms with E-state index in [9.17, 15) is 4.39 Å². The number of hydrogen-bond acceptors (Lipinski definition) is 5. The number of benzene rings is 1. The van der Waals surface area contributed by atoms with Crippen molar-refractivity contribution in [3.63, 3.8) is 0 Å². The Labute approximate surface area is 136 Å². The minimum absolute atomic E-state index is 0.126. The van der Waals surface area contributed by atoms with Gasteiger partial charge in [0.15, 0.2) is 17.0 Å². The van der Waals surface area contributed by atoms with E-state index in [1.54, 1.807) is 23.0 Å². The molecule has 0 saturated carbocycles. The molecule has 6 nitrogen and oxygen atoms in total. The first kappa shape index (κ1) is 14.3. The van der Waals surface area contributed by atoms with Crippen molar-refractivity contribution in [1.82, 2.24) is 19.5 Å². The molecule has 0 bridgehead atoms. The van der Waals surface area contributed by atoms with Crippen molar-refractivity contribution in [1.29, 1.82) is 0 Å². The molecule has 1 saturated heterocycles. The maximum atomic E-state index is 13.8. The summed E-state index contributed by atoms with van der Waals surface area (Å²) in [5.41, 5.74) is 1.96. The normalized spacial score (nSPS) is 17.2. The van der Waals surface area contributed by atoms with Crippen molar-refractivity contribution < 1.29 is 9.13 Å². The van der Waals surface area contributed by atoms with Gasteiger partial charge in [-0.25, -0.2) is 4.98 Å². The first-order valence-corrected chi connectivity index (χ1v) is 7.58. The zero-order valence-electron chi connectivity index (χ0n) is 12.0. The van der Waals surface area contributed by atoms with E-state index in [2.05, 4.69) is 20.3 Å². The number of anilines is 1. The molecule has 1 aliphatic rings. The minimum Gasteiger partial charge on any atom is -0.364 e. The first-order chi connectivity index (χ1) is 11.2. The summed E-state index contributed by atoms with van der Waals surface area (Å²) >= 11 is 5.86. The van der Waals surface area contributed by atoms with Gasteiger partial charge in [0.1, 0.15) is 6.23 Å². The highest BCUT2D eigenvalue weighted by Gasteiger charge is 2.24. The summed E-state index contributed by atoms with van der Waals surface area (Å²) in [6, 6.07) is 7.39. The van der Waals surface area contributed by atoms with Crippen LogP contribution in [0.5, 0.6) is 0 Å². The van der Waals surface area contributed by atoms with Crippen molar-refractivity contribution in [2.24, 2.45) is 0 Å². The highest BCUT2D eigenvalue weighted by Crippen LogP contribution is 2.28. The fourth-order valence-electron chi connectivity index (χ4n) is 2.45. The van der Waals surface area contributed by atoms with Crippen molar-refractivity contribution in [3.8, 4) is 0 Å². The van der Waals surface area contributed by atoms with Crippen LogP contribution in [0.4, 0.5) is 10.2 Å². The fourth-order valence-corrected chi connectivity index (χ4v) is 2.58. The molecule has 1 N–H and O–H groups in total. The number of ether oxygens (including phenoxy) is 1. The van der Waals surface area contributed by atoms with Crippen LogP contribution in [0.1, 0.15) is 18.2 Å². The lowest BCUT2D eigenvalue weighted by molar-refractivity contribution is -0.0974. The standard InChI is InChI=1S/C15H13ClFN5O/c16-10-3-1-9(2-4-10)7-18-13-12-14(21-15(17)20-13)22(8-19-12)11-5-6-23-11/h1-4,8,11H,5-7H2,(H,18,20,21). The summed E-state index contributed by atoms with van der Waals surface area (Å²) in [5, 5.41) is 3.77. The average molecular weight is 334 g/mol. The Balaban J connectivity index is 1.63. The maximum absolute atomic E-state index is 13.8. The predicted octanol–water partition coefficient (Wildman–Crippen LogP) is 3.15. The molecule has 8 heteroatoms. The lowest BCUT2D eigenvalue weighted by Crippen LogP contribution is -2.24. The molecule has 3 heterocycles. The third-order valence-electron chi connectivity index (χ3n) is 3.75. The van der Waals surface area contributed by atoms with E-state index in [1.165, 1.54) is 0 Å². The Morgan fingerprint density at radius 1 is 1.30 bits per heavy atom. The number of hydrogen-bond donors (Lipinski definition) is 1. The van der Waals surface area contributed by atoms with Crippen molar-refractivity contribution >= 4 is 28.6 Å². The van der Waals surface area contributed by atoms with E-state index in [0.29, 0.717) is 35.2 Å². The quantitative estimate of drug-likeness (QED) is 0.743. The Hall–Kier alpha value is -2.25. The summed E-state index contributed by atoms with van der Waals surface area (Å²) in [6.07, 6.45) is 1.55. The Bertz CT molecular complexity index is 847. The molecule has 3 aromatic rings. The van der Waals surface area contributed by atoms with Crippen LogP contribution in [0.2, 0.25) is 5.02 Å². The third-order valence-corrected chi connectivity index (χ3v) is 4.00. The number of halogens is 2. The Kier molecular flexibility index (Phi) is 3.59. The van der Waals surface area contributed by atoms with Crippen LogP contribution in [0.3, 0.4) is 0 Å². The van der Waals surface area contributed by atoms with E-state index in [1.807, 2.05) is 12.1 Å². The smallest absolute Gasteiger partial charge is 0.312 e. The van der Waals surface area contributed by atoms with Gasteiger partial charge in [0.25, 0.3) is 0 Å². The molecule has 1 aliphatic heterocycles. The van der Waals surface area contributed by atoms with Crippen LogP contribution in [-0.4, -0.2) is 26.1 Å². The number of fused-ring (bicyclic) bond motifs is 1. The van der Waals surface area contributed by atoms with Crippen LogP contribution in [0.15, 0.2) is 30.6 Å². The van der Waals surface area contributed by atoms with Gasteiger partial charge in [-0.1, -0.05) is 23.7 Å². The lowest BCUT2D eigenvalue weighted by atomic mass is 10.2. The predicted molar refractivity (Wildman–Crippen MR) is 83.7 cm³/mol. The molecule has 118 valence electrons. The zero-order valence-corrected chi connectivity index (χ0v) is 12.8. The lowest BCUT2D eigenvalue weighted by Gasteiger charge is -2.27. The third kappa shape index (κ3) is 2.73. The molecule has 1 aromatic carbocycles. The minimum atomic E-state index is -0.794. The van der Waals surface area contributed by atoms with Gasteiger partial charge < -0.3 is 10.1 Å². The summed E-state index contributed by atoms with van der Waals surface area (Å²) in [7, 11) is 0. The molecule has 0 radical (unpaired) electrons. The summed E-state index contributed by atoms with van der Waals surface area (Å²) < 4.78 is 20.9. The summed E-state index contributed by atoms with van der Waals surface area (Å²) in [4.78, 5) is 12.0. The van der Waals surface area contributed by atoms with Gasteiger partial charge in [0.05, 0.1) is 12.9 Å². The molecule has 0 spiro atoms. The van der Waals surface area contributed by atoms with E-state index in [0.717, 1.165) is 12.0 Å². The largest absolute Gasteiger partial charge is 0.364 e. The average Bonchev–Trinajstić information content (AvgIpc) is 2.88. The molecule has 0 amide bonds. The second kappa shape index (κ2) is 5.75. The van der Waals surface area contributed by atoms with Gasteiger partial charge in [-0.15, -0.1) is 0 Å². The zero-order chi connectivity index (χ0) is 15.8. The van der Waals surface area contributed by atoms with Crippen LogP contribution >= 0.6 is 11.6 Å². The van der Waals surface area contributed by atoms with Crippen LogP contribution in [-0.2, 0) is 11.3 Å². The maximum Gasteiger partial charge on any atom is 0.312 e. The molecule has 1 atom stereocenters. The van der Waals surface area contributed by atoms with E-state index in [4.69, 9.17) is 16.3 Å². The molecule has 0 aliphatic carbocycles. The van der Waals surface area contributed by atoms with Gasteiger partial charge in [-0.2, -0.15) is 14.4 Å². The number of nitrogens with zero attached hydrogens (tertiary/aromatic N) is 4. The van der Waals surface area contributed by atoms with Crippen LogP contribution in [0.25, 0.3) is 11.2 Å². The summed E-state index contributed by atoms with van der Waals surface area (Å²) in [6.45, 7) is 1.18. The van der Waals surface area contributed by atoms with Crippen LogP contribution < -0.4 is 5.32 Å². The van der Waals surface area contributed by atoms with Gasteiger partial charge in [0.2, 0.25) is 0 Å². The topological polar surface area (TPSA) is 64.9 Å². The van der Waals surface area contributed by atoms with Crippen molar-refractivity contribution in [2.45, 2.75) is 19.2 Å². The monoisotopic (exact) mass is 333 g/mol. The highest BCUT2D eigenvalue weighted by molar-refractivity contribution is 6.30. The van der Waals surface area contributed by atoms with Gasteiger partial charge in [-0.05, 0) is 17.7 Å². The molecule has 1 fully saturated rings. The Morgan fingerprint density at radius 3 is 2.78 bits per heavy atom. The van der Waals surface area contributed by atoms with Gasteiger partial charge in [-0.3, -0.25) is 4.57 Å². The number of nitrogens with one attached hydrogen (secondary N) is 1. The van der Waals surface area contributed by atoms with Gasteiger partial charge in [0, 0.05) is 18.0 Å². The second-order valence-electron chi connectivity index (χ2n) is 5.26. The molecule has 1 unspecified atom stereocenters. The Morgan fingerprint density at radius 2 is 2.09 bits per heavy atom. The van der Waals surface area contributed by atoms with E-state index >= 15 is 0 Å². The first-order valence-electron chi connectivity index (χ1n) is 7.21. The number of aromatic nitrogens is 4. The van der Waals surface area contributed by atoms with Gasteiger partial charge >= 0.3 is 6.08 Å². The van der Waals surface area contributed by atoms with E-state index in [-0.39, 0.29) is 6.23 Å². The van der Waals surface area contributed by atoms with Crippen molar-refractivity contribution in [2.75, 3.05) is 11.9 Å². The molecule has 2 aromatic heterocycles. The fraction of sp³-hybridized carbons (Fsp3) is 0.267. The molecule has 23 heavy (non-hydrogen) atoms. The molecule has 4 rings (SSSR count). The van der Waals surface area contributed by atoms with Crippen molar-refractivity contribution in [3.05, 3.63) is 47.3 Å². The van der Waals surface area contributed by atoms with Crippen LogP contribution in [0, 0.1) is 6.08 Å². The number of imidazole rings is 1. The van der Waals surface area contributed by atoms with E-state index < -0.39 is 6.08 Å². The summed E-state index contributed by atoms with van der Waals surface area (Å²) in [5.74, 6) is 0.362. The molecular weight excluding hydrogens is 321 g/mol. The highest BCUT2D eigenvalue weighted by atomic mass is 35.5.